The van der Waals surface area contributed by atoms with Crippen LogP contribution in [0.4, 0.5) is 0 Å². The van der Waals surface area contributed by atoms with Gasteiger partial charge in [-0.15, -0.1) is 0 Å². The molecule has 1 nitrogen and oxygen atoms in total. The fourth-order valence-electron chi connectivity index (χ4n) is 2.74. The van der Waals surface area contributed by atoms with Gasteiger partial charge >= 0.3 is 0 Å². The number of para-hydroxylation sites is 1. The van der Waals surface area contributed by atoms with Gasteiger partial charge in [-0.2, -0.15) is 0 Å². The zero-order valence-corrected chi connectivity index (χ0v) is 11.3. The molecule has 0 unspecified atom stereocenters. The molecule has 0 aliphatic carbocycles. The summed E-state index contributed by atoms with van der Waals surface area (Å²) in [7, 11) is 0. The normalized spacial score (nSPS) is 12.2. The predicted molar refractivity (Wildman–Crippen MR) is 75.2 cm³/mol. The molecule has 0 amide bonds. The molecule has 0 aliphatic heterocycles. The Hall–Kier alpha value is -1.24. The van der Waals surface area contributed by atoms with Crippen LogP contribution >= 0.6 is 0 Å². The average molecular weight is 229 g/mol. The average Bonchev–Trinajstić information content (AvgIpc) is 2.67. The Morgan fingerprint density at radius 1 is 1.00 bits per heavy atom. The molecule has 0 spiro atoms. The van der Waals surface area contributed by atoms with Gasteiger partial charge in [0.15, 0.2) is 0 Å². The molecule has 0 radical (unpaired) electrons. The van der Waals surface area contributed by atoms with E-state index in [2.05, 4.69) is 63.0 Å². The van der Waals surface area contributed by atoms with E-state index in [0.29, 0.717) is 0 Å². The number of benzene rings is 1. The molecule has 1 heteroatoms. The maximum Gasteiger partial charge on any atom is 0.0456 e. The highest BCUT2D eigenvalue weighted by Gasteiger charge is 2.18. The first-order valence-electron chi connectivity index (χ1n) is 6.64. The second-order valence-electron chi connectivity index (χ2n) is 5.74. The van der Waals surface area contributed by atoms with Crippen LogP contribution in [0.2, 0.25) is 0 Å². The Morgan fingerprint density at radius 2 is 1.65 bits per heavy atom. The van der Waals surface area contributed by atoms with Crippen LogP contribution in [-0.4, -0.2) is 4.98 Å². The summed E-state index contributed by atoms with van der Waals surface area (Å²) in [5.41, 5.74) is 2.63. The molecule has 0 fully saturated rings. The molecule has 0 atom stereocenters. The largest absolute Gasteiger partial charge is 0.358 e. The van der Waals surface area contributed by atoms with Gasteiger partial charge in [-0.1, -0.05) is 45.9 Å². The number of rotatable bonds is 4. The molecule has 1 aromatic heterocycles. The third-order valence-electron chi connectivity index (χ3n) is 3.75. The van der Waals surface area contributed by atoms with Gasteiger partial charge < -0.3 is 4.98 Å². The van der Waals surface area contributed by atoms with Gasteiger partial charge in [0.05, 0.1) is 0 Å². The number of fused-ring (bicyclic) bond motifs is 1. The first-order chi connectivity index (χ1) is 8.08. The maximum atomic E-state index is 3.54. The zero-order chi connectivity index (χ0) is 12.4. The van der Waals surface area contributed by atoms with E-state index < -0.39 is 0 Å². The lowest BCUT2D eigenvalue weighted by atomic mass is 9.82. The van der Waals surface area contributed by atoms with Crippen molar-refractivity contribution in [2.75, 3.05) is 0 Å². The summed E-state index contributed by atoms with van der Waals surface area (Å²) in [6.45, 7) is 9.31. The van der Waals surface area contributed by atoms with Crippen molar-refractivity contribution in [2.45, 2.75) is 34.1 Å². The van der Waals surface area contributed by atoms with E-state index in [1.165, 1.54) is 16.6 Å². The van der Waals surface area contributed by atoms with Crippen molar-refractivity contribution in [3.8, 4) is 0 Å². The Labute approximate surface area is 104 Å². The van der Waals surface area contributed by atoms with Crippen molar-refractivity contribution in [3.63, 3.8) is 0 Å². The van der Waals surface area contributed by atoms with E-state index in [-0.39, 0.29) is 0 Å². The van der Waals surface area contributed by atoms with Gasteiger partial charge in [0.25, 0.3) is 0 Å². The number of H-pyrrole nitrogens is 1. The van der Waals surface area contributed by atoms with Crippen LogP contribution in [0, 0.1) is 17.8 Å². The fourth-order valence-corrected chi connectivity index (χ4v) is 2.74. The summed E-state index contributed by atoms with van der Waals surface area (Å²) in [6.07, 6.45) is 1.16. The third kappa shape index (κ3) is 2.71. The van der Waals surface area contributed by atoms with E-state index >= 15 is 0 Å². The van der Waals surface area contributed by atoms with Gasteiger partial charge in [-0.3, -0.25) is 0 Å². The number of aromatic amines is 1. The lowest BCUT2D eigenvalue weighted by molar-refractivity contribution is 0.284. The quantitative estimate of drug-likeness (QED) is 0.786. The first kappa shape index (κ1) is 12.2. The van der Waals surface area contributed by atoms with E-state index in [1.54, 1.807) is 0 Å². The second kappa shape index (κ2) is 4.95. The predicted octanol–water partition coefficient (Wildman–Crippen LogP) is 4.64. The molecular formula is C16H23N. The number of hydrogen-bond donors (Lipinski definition) is 1. The van der Waals surface area contributed by atoms with Crippen molar-refractivity contribution >= 4 is 10.9 Å². The molecular weight excluding hydrogens is 206 g/mol. The minimum absolute atomic E-state index is 0.737. The Bertz CT molecular complexity index is 438. The van der Waals surface area contributed by atoms with Crippen molar-refractivity contribution in [3.05, 3.63) is 36.0 Å². The Balaban J connectivity index is 2.22. The van der Waals surface area contributed by atoms with Crippen LogP contribution in [0.1, 0.15) is 33.4 Å². The summed E-state index contributed by atoms with van der Waals surface area (Å²) in [5.74, 6) is 2.23. The Kier molecular flexibility index (Phi) is 3.56. The first-order valence-corrected chi connectivity index (χ1v) is 6.64. The van der Waals surface area contributed by atoms with E-state index in [4.69, 9.17) is 0 Å². The highest BCUT2D eigenvalue weighted by molar-refractivity contribution is 5.80. The summed E-state index contributed by atoms with van der Waals surface area (Å²) in [4.78, 5) is 3.54. The minimum atomic E-state index is 0.737. The minimum Gasteiger partial charge on any atom is -0.358 e. The SMILES string of the molecule is CC(C)C(Cc1cc2ccccc2[nH]1)C(C)C. The van der Waals surface area contributed by atoms with Gasteiger partial charge in [-0.05, 0) is 41.7 Å². The number of hydrogen-bond acceptors (Lipinski definition) is 0. The van der Waals surface area contributed by atoms with Gasteiger partial charge in [0, 0.05) is 11.2 Å². The standard InChI is InChI=1S/C16H23N/c1-11(2)15(12(3)4)10-14-9-13-7-5-6-8-16(13)17-14/h5-9,11-12,15,17H,10H2,1-4H3. The van der Waals surface area contributed by atoms with E-state index in [0.717, 1.165) is 24.2 Å². The van der Waals surface area contributed by atoms with Gasteiger partial charge in [0.2, 0.25) is 0 Å². The molecule has 17 heavy (non-hydrogen) atoms. The van der Waals surface area contributed by atoms with Crippen LogP contribution in [0.25, 0.3) is 10.9 Å². The molecule has 1 heterocycles. The lowest BCUT2D eigenvalue weighted by Gasteiger charge is -2.24. The van der Waals surface area contributed by atoms with E-state index in [9.17, 15) is 0 Å². The zero-order valence-electron chi connectivity index (χ0n) is 11.3. The van der Waals surface area contributed by atoms with E-state index in [1.807, 2.05) is 0 Å². The second-order valence-corrected chi connectivity index (χ2v) is 5.74. The van der Waals surface area contributed by atoms with Crippen LogP contribution in [0.5, 0.6) is 0 Å². The van der Waals surface area contributed by atoms with Crippen molar-refractivity contribution < 1.29 is 0 Å². The molecule has 1 aromatic carbocycles. The number of aromatic nitrogens is 1. The van der Waals surface area contributed by atoms with Crippen molar-refractivity contribution in [1.29, 1.82) is 0 Å². The molecule has 92 valence electrons. The molecule has 2 aromatic rings. The lowest BCUT2D eigenvalue weighted by Crippen LogP contribution is -2.18. The monoisotopic (exact) mass is 229 g/mol. The highest BCUT2D eigenvalue weighted by Crippen LogP contribution is 2.26. The Morgan fingerprint density at radius 3 is 2.24 bits per heavy atom. The number of nitrogens with one attached hydrogen (secondary N) is 1. The van der Waals surface area contributed by atoms with Crippen LogP contribution < -0.4 is 0 Å². The maximum absolute atomic E-state index is 3.54. The highest BCUT2D eigenvalue weighted by atomic mass is 14.7. The van der Waals surface area contributed by atoms with Gasteiger partial charge in [0.1, 0.15) is 0 Å². The summed E-state index contributed by atoms with van der Waals surface area (Å²) < 4.78 is 0. The molecule has 0 saturated heterocycles. The molecule has 0 aliphatic rings. The summed E-state index contributed by atoms with van der Waals surface area (Å²) >= 11 is 0. The summed E-state index contributed by atoms with van der Waals surface area (Å²) in [5, 5.41) is 1.33. The summed E-state index contributed by atoms with van der Waals surface area (Å²) in [6, 6.07) is 10.8. The smallest absolute Gasteiger partial charge is 0.0456 e. The third-order valence-corrected chi connectivity index (χ3v) is 3.75. The molecule has 0 bridgehead atoms. The van der Waals surface area contributed by atoms with Crippen LogP contribution in [-0.2, 0) is 6.42 Å². The van der Waals surface area contributed by atoms with Crippen LogP contribution in [0.3, 0.4) is 0 Å². The van der Waals surface area contributed by atoms with Crippen LogP contribution in [0.15, 0.2) is 30.3 Å². The molecule has 1 N–H and O–H groups in total. The van der Waals surface area contributed by atoms with Gasteiger partial charge in [-0.25, -0.2) is 0 Å². The van der Waals surface area contributed by atoms with Crippen molar-refractivity contribution in [1.82, 2.24) is 4.98 Å². The van der Waals surface area contributed by atoms with Crippen molar-refractivity contribution in [2.24, 2.45) is 17.8 Å². The molecule has 0 saturated carbocycles. The topological polar surface area (TPSA) is 15.8 Å². The molecule has 2 rings (SSSR count). The fraction of sp³-hybridized carbons (Fsp3) is 0.500.